The molecule has 0 saturated heterocycles. The van der Waals surface area contributed by atoms with Gasteiger partial charge in [0.25, 0.3) is 5.69 Å². The number of nitro groups is 1. The molecule has 0 amide bonds. The quantitative estimate of drug-likeness (QED) is 0.678. The highest BCUT2D eigenvalue weighted by atomic mass is 19.1. The third-order valence-corrected chi connectivity index (χ3v) is 2.53. The Morgan fingerprint density at radius 1 is 1.37 bits per heavy atom. The summed E-state index contributed by atoms with van der Waals surface area (Å²) in [6.45, 7) is 0. The van der Waals surface area contributed by atoms with E-state index in [2.05, 4.69) is 4.98 Å². The highest BCUT2D eigenvalue weighted by Crippen LogP contribution is 2.33. The van der Waals surface area contributed by atoms with Crippen LogP contribution in [0.2, 0.25) is 0 Å². The number of nitrogens with zero attached hydrogens (tertiary/aromatic N) is 2. The largest absolute Gasteiger partial charge is 0.494 e. The Bertz CT molecular complexity index is 646. The Kier molecular flexibility index (Phi) is 3.28. The maximum absolute atomic E-state index is 14.1. The highest BCUT2D eigenvalue weighted by Gasteiger charge is 2.21. The van der Waals surface area contributed by atoms with E-state index in [9.17, 15) is 14.5 Å². The first kappa shape index (κ1) is 12.7. The summed E-state index contributed by atoms with van der Waals surface area (Å²) in [5.41, 5.74) is 5.03. The lowest BCUT2D eigenvalue weighted by Crippen LogP contribution is -2.00. The molecule has 0 bridgehead atoms. The minimum atomic E-state index is -0.716. The average Bonchev–Trinajstić information content (AvgIpc) is 2.38. The normalized spacial score (nSPS) is 10.2. The third kappa shape index (κ3) is 2.30. The molecule has 0 aliphatic carbocycles. The first-order valence-corrected chi connectivity index (χ1v) is 5.28. The molecular weight excluding hydrogens is 253 g/mol. The summed E-state index contributed by atoms with van der Waals surface area (Å²) in [6.07, 6.45) is 0. The summed E-state index contributed by atoms with van der Waals surface area (Å²) in [4.78, 5) is 14.1. The lowest BCUT2D eigenvalue weighted by molar-refractivity contribution is -0.384. The predicted molar refractivity (Wildman–Crippen MR) is 67.2 cm³/mol. The third-order valence-electron chi connectivity index (χ3n) is 2.53. The van der Waals surface area contributed by atoms with Crippen molar-refractivity contribution in [1.29, 1.82) is 0 Å². The van der Waals surface area contributed by atoms with Gasteiger partial charge in [0.2, 0.25) is 0 Å². The van der Waals surface area contributed by atoms with E-state index < -0.39 is 10.7 Å². The number of nitrogen functional groups attached to an aromatic ring is 1. The van der Waals surface area contributed by atoms with Crippen LogP contribution >= 0.6 is 0 Å². The molecule has 19 heavy (non-hydrogen) atoms. The van der Waals surface area contributed by atoms with Gasteiger partial charge >= 0.3 is 0 Å². The minimum Gasteiger partial charge on any atom is -0.494 e. The van der Waals surface area contributed by atoms with E-state index in [0.717, 1.165) is 0 Å². The van der Waals surface area contributed by atoms with Gasteiger partial charge in [-0.3, -0.25) is 10.1 Å². The molecule has 0 radical (unpaired) electrons. The van der Waals surface area contributed by atoms with Crippen molar-refractivity contribution in [2.45, 2.75) is 0 Å². The van der Waals surface area contributed by atoms with E-state index in [1.807, 2.05) is 0 Å². The van der Waals surface area contributed by atoms with Gasteiger partial charge in [-0.1, -0.05) is 6.07 Å². The molecule has 0 unspecified atom stereocenters. The predicted octanol–water partition coefficient (Wildman–Crippen LogP) is 2.39. The fourth-order valence-corrected chi connectivity index (χ4v) is 1.66. The monoisotopic (exact) mass is 263 g/mol. The molecule has 0 atom stereocenters. The molecule has 7 heteroatoms. The van der Waals surface area contributed by atoms with Crippen molar-refractivity contribution in [3.63, 3.8) is 0 Å². The first-order chi connectivity index (χ1) is 9.04. The van der Waals surface area contributed by atoms with Gasteiger partial charge < -0.3 is 10.5 Å². The molecule has 98 valence electrons. The van der Waals surface area contributed by atoms with Crippen LogP contribution in [0, 0.1) is 15.9 Å². The van der Waals surface area contributed by atoms with Crippen molar-refractivity contribution in [1.82, 2.24) is 4.98 Å². The number of rotatable bonds is 3. The van der Waals surface area contributed by atoms with Crippen LogP contribution in [0.15, 0.2) is 30.3 Å². The Morgan fingerprint density at radius 2 is 2.11 bits per heavy atom. The maximum atomic E-state index is 14.1. The first-order valence-electron chi connectivity index (χ1n) is 5.28. The van der Waals surface area contributed by atoms with Crippen LogP contribution in [0.3, 0.4) is 0 Å². The van der Waals surface area contributed by atoms with Crippen molar-refractivity contribution >= 4 is 11.5 Å². The molecular formula is C12H10FN3O3. The number of anilines is 1. The summed E-state index contributed by atoms with van der Waals surface area (Å²) in [5.74, 6) is -0.662. The number of halogens is 1. The van der Waals surface area contributed by atoms with Crippen molar-refractivity contribution < 1.29 is 14.1 Å². The van der Waals surface area contributed by atoms with Crippen LogP contribution in [0.5, 0.6) is 5.75 Å². The molecule has 1 heterocycles. The van der Waals surface area contributed by atoms with E-state index in [1.54, 1.807) is 0 Å². The molecule has 0 saturated carbocycles. The standard InChI is InChI=1S/C12H10FN3O3/c1-19-9-4-2-3-7(11(9)13)12-8(16(17)18)5-6-10(14)15-12/h2-6H,1H3,(H2,14,15). The topological polar surface area (TPSA) is 91.3 Å². The van der Waals surface area contributed by atoms with E-state index in [4.69, 9.17) is 10.5 Å². The molecule has 2 rings (SSSR count). The van der Waals surface area contributed by atoms with E-state index in [1.165, 1.54) is 37.4 Å². The van der Waals surface area contributed by atoms with Gasteiger partial charge in [-0.25, -0.2) is 9.37 Å². The molecule has 0 spiro atoms. The fourth-order valence-electron chi connectivity index (χ4n) is 1.66. The number of hydrogen-bond donors (Lipinski definition) is 1. The summed E-state index contributed by atoms with van der Waals surface area (Å²) in [6, 6.07) is 6.80. The summed E-state index contributed by atoms with van der Waals surface area (Å²) in [5, 5.41) is 10.9. The second kappa shape index (κ2) is 4.89. The number of pyridine rings is 1. The van der Waals surface area contributed by atoms with Crippen LogP contribution < -0.4 is 10.5 Å². The number of hydrogen-bond acceptors (Lipinski definition) is 5. The van der Waals surface area contributed by atoms with Crippen molar-refractivity contribution in [3.05, 3.63) is 46.3 Å². The number of aromatic nitrogens is 1. The minimum absolute atomic E-state index is 0.0176. The molecule has 6 nitrogen and oxygen atoms in total. The van der Waals surface area contributed by atoms with E-state index >= 15 is 0 Å². The van der Waals surface area contributed by atoms with Crippen LogP contribution in [0.25, 0.3) is 11.3 Å². The summed E-state index contributed by atoms with van der Waals surface area (Å²) in [7, 11) is 1.31. The molecule has 1 aromatic carbocycles. The zero-order valence-corrected chi connectivity index (χ0v) is 9.96. The summed E-state index contributed by atoms with van der Waals surface area (Å²) < 4.78 is 18.9. The molecule has 0 aliphatic rings. The van der Waals surface area contributed by atoms with E-state index in [-0.39, 0.29) is 28.5 Å². The lowest BCUT2D eigenvalue weighted by atomic mass is 10.1. The zero-order chi connectivity index (χ0) is 14.0. The van der Waals surface area contributed by atoms with Gasteiger partial charge in [-0.05, 0) is 18.2 Å². The molecule has 2 N–H and O–H groups in total. The zero-order valence-electron chi connectivity index (χ0n) is 9.96. The second-order valence-corrected chi connectivity index (χ2v) is 3.68. The van der Waals surface area contributed by atoms with Crippen molar-refractivity contribution in [3.8, 4) is 17.0 Å². The molecule has 0 aliphatic heterocycles. The fraction of sp³-hybridized carbons (Fsp3) is 0.0833. The van der Waals surface area contributed by atoms with Crippen molar-refractivity contribution in [2.75, 3.05) is 12.8 Å². The van der Waals surface area contributed by atoms with Gasteiger partial charge in [0.15, 0.2) is 17.3 Å². The van der Waals surface area contributed by atoms with E-state index in [0.29, 0.717) is 0 Å². The average molecular weight is 263 g/mol. The molecule has 2 aromatic rings. The Labute approximate surface area is 107 Å². The van der Waals surface area contributed by atoms with Crippen LogP contribution in [0.1, 0.15) is 0 Å². The van der Waals surface area contributed by atoms with Gasteiger partial charge in [-0.15, -0.1) is 0 Å². The maximum Gasteiger partial charge on any atom is 0.295 e. The van der Waals surface area contributed by atoms with Gasteiger partial charge in [0.05, 0.1) is 12.0 Å². The molecule has 1 aromatic heterocycles. The summed E-state index contributed by atoms with van der Waals surface area (Å²) >= 11 is 0. The number of methoxy groups -OCH3 is 1. The Balaban J connectivity index is 2.71. The van der Waals surface area contributed by atoms with Gasteiger partial charge in [0.1, 0.15) is 5.82 Å². The SMILES string of the molecule is COc1cccc(-c2nc(N)ccc2[N+](=O)[O-])c1F. The second-order valence-electron chi connectivity index (χ2n) is 3.68. The molecule has 0 fully saturated rings. The van der Waals surface area contributed by atoms with Crippen molar-refractivity contribution in [2.24, 2.45) is 0 Å². The highest BCUT2D eigenvalue weighted by molar-refractivity contribution is 5.72. The number of ether oxygens (including phenoxy) is 1. The number of nitrogens with two attached hydrogens (primary N) is 1. The smallest absolute Gasteiger partial charge is 0.295 e. The van der Waals surface area contributed by atoms with Gasteiger partial charge in [0, 0.05) is 11.6 Å². The van der Waals surface area contributed by atoms with Crippen LogP contribution in [0.4, 0.5) is 15.9 Å². The Morgan fingerprint density at radius 3 is 2.74 bits per heavy atom. The lowest BCUT2D eigenvalue weighted by Gasteiger charge is -2.07. The van der Waals surface area contributed by atoms with Gasteiger partial charge in [-0.2, -0.15) is 0 Å². The van der Waals surface area contributed by atoms with Crippen LogP contribution in [-0.4, -0.2) is 17.0 Å². The number of benzene rings is 1. The Hall–Kier alpha value is -2.70. The van der Waals surface area contributed by atoms with Crippen LogP contribution in [-0.2, 0) is 0 Å².